The van der Waals surface area contributed by atoms with Crippen molar-refractivity contribution in [2.45, 2.75) is 69.3 Å². The minimum absolute atomic E-state index is 0.0870. The number of hydrogen-bond donors (Lipinski definition) is 2. The number of rotatable bonds is 11. The first-order valence-corrected chi connectivity index (χ1v) is 14.1. The fraction of sp³-hybridized carbons (Fsp3) is 0.600. The van der Waals surface area contributed by atoms with Gasteiger partial charge in [0.25, 0.3) is 0 Å². The fourth-order valence-corrected chi connectivity index (χ4v) is 5.94. The van der Waals surface area contributed by atoms with Gasteiger partial charge in [-0.3, -0.25) is 4.79 Å². The van der Waals surface area contributed by atoms with Crippen molar-refractivity contribution in [3.05, 3.63) is 58.8 Å². The van der Waals surface area contributed by atoms with Gasteiger partial charge in [0.2, 0.25) is 0 Å². The predicted molar refractivity (Wildman–Crippen MR) is 144 cm³/mol. The highest BCUT2D eigenvalue weighted by molar-refractivity contribution is 5.68. The lowest BCUT2D eigenvalue weighted by Crippen LogP contribution is -2.40. The van der Waals surface area contributed by atoms with Gasteiger partial charge in [-0.15, -0.1) is 0 Å². The molecule has 2 N–H and O–H groups in total. The third-order valence-electron chi connectivity index (χ3n) is 8.06. The number of aromatic nitrogens is 1. The van der Waals surface area contributed by atoms with E-state index in [0.29, 0.717) is 12.5 Å². The van der Waals surface area contributed by atoms with Crippen LogP contribution in [0.15, 0.2) is 36.4 Å². The van der Waals surface area contributed by atoms with E-state index < -0.39 is 5.97 Å². The van der Waals surface area contributed by atoms with Crippen LogP contribution in [-0.4, -0.2) is 73.1 Å². The van der Waals surface area contributed by atoms with Gasteiger partial charge in [-0.1, -0.05) is 30.3 Å². The molecule has 0 aliphatic carbocycles. The van der Waals surface area contributed by atoms with Crippen molar-refractivity contribution >= 4 is 11.8 Å². The van der Waals surface area contributed by atoms with E-state index in [9.17, 15) is 9.90 Å². The molecule has 0 spiro atoms. The number of aliphatic carboxylic acids is 1. The van der Waals surface area contributed by atoms with Crippen LogP contribution < -0.4 is 5.32 Å². The van der Waals surface area contributed by atoms with Crippen molar-refractivity contribution in [2.75, 3.05) is 51.3 Å². The molecule has 0 bridgehead atoms. The van der Waals surface area contributed by atoms with Crippen molar-refractivity contribution < 1.29 is 19.4 Å². The van der Waals surface area contributed by atoms with Gasteiger partial charge in [0.05, 0.1) is 25.7 Å². The van der Waals surface area contributed by atoms with Gasteiger partial charge in [0.15, 0.2) is 0 Å². The number of ether oxygens (including phenoxy) is 2. The number of carbonyl (C=O) groups is 1. The zero-order chi connectivity index (χ0) is 25.5. The van der Waals surface area contributed by atoms with Gasteiger partial charge in [-0.2, -0.15) is 0 Å². The van der Waals surface area contributed by atoms with Crippen LogP contribution in [0, 0.1) is 0 Å². The van der Waals surface area contributed by atoms with Crippen molar-refractivity contribution in [1.82, 2.24) is 9.88 Å². The molecule has 3 aliphatic heterocycles. The molecule has 200 valence electrons. The molecule has 2 fully saturated rings. The largest absolute Gasteiger partial charge is 0.481 e. The first-order valence-electron chi connectivity index (χ1n) is 14.1. The number of carboxylic acids is 1. The smallest absolute Gasteiger partial charge is 0.304 e. The SMILES string of the molecule is O=C(O)C[C@@H](CO[C@@H]1CCCN(CCCc2ccc3c(n2)NCCC3)C1)c1cccc([C@@H]2CCOC2)c1. The molecule has 0 amide bonds. The van der Waals surface area contributed by atoms with Crippen LogP contribution in [0.1, 0.15) is 72.7 Å². The Morgan fingerprint density at radius 3 is 3.05 bits per heavy atom. The molecule has 0 unspecified atom stereocenters. The highest BCUT2D eigenvalue weighted by Gasteiger charge is 2.25. The third-order valence-corrected chi connectivity index (χ3v) is 8.06. The summed E-state index contributed by atoms with van der Waals surface area (Å²) in [5.74, 6) is 0.567. The topological polar surface area (TPSA) is 83.9 Å². The van der Waals surface area contributed by atoms with Crippen LogP contribution in [-0.2, 0) is 27.1 Å². The summed E-state index contributed by atoms with van der Waals surface area (Å²) in [4.78, 5) is 19.0. The summed E-state index contributed by atoms with van der Waals surface area (Å²) in [7, 11) is 0. The Morgan fingerprint density at radius 2 is 2.19 bits per heavy atom. The Kier molecular flexibility index (Phi) is 9.08. The minimum atomic E-state index is -0.778. The van der Waals surface area contributed by atoms with Crippen molar-refractivity contribution in [3.8, 4) is 0 Å². The van der Waals surface area contributed by atoms with Gasteiger partial charge >= 0.3 is 5.97 Å². The molecule has 2 aromatic rings. The van der Waals surface area contributed by atoms with Crippen LogP contribution in [0.3, 0.4) is 0 Å². The Balaban J connectivity index is 1.11. The summed E-state index contributed by atoms with van der Waals surface area (Å²) < 4.78 is 11.9. The Hall–Kier alpha value is -2.48. The zero-order valence-electron chi connectivity index (χ0n) is 21.9. The molecule has 0 saturated carbocycles. The maximum Gasteiger partial charge on any atom is 0.304 e. The molecule has 1 aromatic heterocycles. The van der Waals surface area contributed by atoms with Crippen molar-refractivity contribution in [3.63, 3.8) is 0 Å². The average molecular weight is 508 g/mol. The van der Waals surface area contributed by atoms with E-state index >= 15 is 0 Å². The second kappa shape index (κ2) is 12.9. The van der Waals surface area contributed by atoms with Crippen molar-refractivity contribution in [1.29, 1.82) is 0 Å². The molecule has 3 atom stereocenters. The summed E-state index contributed by atoms with van der Waals surface area (Å²) in [6.45, 7) is 6.07. The minimum Gasteiger partial charge on any atom is -0.481 e. The second-order valence-corrected chi connectivity index (χ2v) is 10.9. The lowest BCUT2D eigenvalue weighted by molar-refractivity contribution is -0.138. The highest BCUT2D eigenvalue weighted by atomic mass is 16.5. The average Bonchev–Trinajstić information content (AvgIpc) is 3.46. The standard InChI is InChI=1S/C30H41N3O4/c34-29(35)18-26(24-6-1-5-23(17-24)25-12-16-36-20-25)21-37-28-9-4-15-33(19-28)14-3-8-27-11-10-22-7-2-13-31-30(22)32-27/h1,5-6,10-11,17,25-26,28H,2-4,7-9,12-16,18-21H2,(H,31,32)(H,34,35)/t25-,26+,28-/m1/s1. The monoisotopic (exact) mass is 507 g/mol. The molecule has 2 saturated heterocycles. The molecule has 3 aliphatic rings. The quantitative estimate of drug-likeness (QED) is 0.459. The van der Waals surface area contributed by atoms with Gasteiger partial charge < -0.3 is 24.8 Å². The van der Waals surface area contributed by atoms with Crippen LogP contribution >= 0.6 is 0 Å². The number of piperidine rings is 1. The molecule has 0 radical (unpaired) electrons. The number of likely N-dealkylation sites (tertiary alicyclic amines) is 1. The van der Waals surface area contributed by atoms with E-state index in [0.717, 1.165) is 89.3 Å². The molecule has 7 nitrogen and oxygen atoms in total. The van der Waals surface area contributed by atoms with Crippen molar-refractivity contribution in [2.24, 2.45) is 0 Å². The summed E-state index contributed by atoms with van der Waals surface area (Å²) >= 11 is 0. The number of fused-ring (bicyclic) bond motifs is 1. The zero-order valence-corrected chi connectivity index (χ0v) is 21.9. The number of aryl methyl sites for hydroxylation is 2. The summed E-state index contributed by atoms with van der Waals surface area (Å²) in [6, 6.07) is 12.8. The van der Waals surface area contributed by atoms with Crippen LogP contribution in [0.4, 0.5) is 5.82 Å². The molecule has 37 heavy (non-hydrogen) atoms. The van der Waals surface area contributed by atoms with E-state index in [2.05, 4.69) is 34.5 Å². The molecule has 1 aromatic carbocycles. The molecule has 5 rings (SSSR count). The summed E-state index contributed by atoms with van der Waals surface area (Å²) in [5, 5.41) is 13.0. The lowest BCUT2D eigenvalue weighted by atomic mass is 9.90. The number of benzene rings is 1. The summed E-state index contributed by atoms with van der Waals surface area (Å²) in [6.07, 6.45) is 7.80. The summed E-state index contributed by atoms with van der Waals surface area (Å²) in [5.41, 5.74) is 4.82. The van der Waals surface area contributed by atoms with Gasteiger partial charge in [0, 0.05) is 37.2 Å². The first kappa shape index (κ1) is 26.1. The van der Waals surface area contributed by atoms with E-state index in [1.54, 1.807) is 0 Å². The normalized spacial score (nSPS) is 22.8. The number of nitrogens with one attached hydrogen (secondary N) is 1. The predicted octanol–water partition coefficient (Wildman–Crippen LogP) is 4.62. The first-order chi connectivity index (χ1) is 18.1. The van der Waals surface area contributed by atoms with E-state index in [1.165, 1.54) is 23.2 Å². The maximum absolute atomic E-state index is 11.6. The molecule has 7 heteroatoms. The van der Waals surface area contributed by atoms with Crippen LogP contribution in [0.2, 0.25) is 0 Å². The number of carboxylic acid groups (broad SMARTS) is 1. The van der Waals surface area contributed by atoms with Gasteiger partial charge in [-0.05, 0) is 80.8 Å². The highest BCUT2D eigenvalue weighted by Crippen LogP contribution is 2.30. The van der Waals surface area contributed by atoms with Gasteiger partial charge in [-0.25, -0.2) is 4.98 Å². The van der Waals surface area contributed by atoms with Crippen LogP contribution in [0.25, 0.3) is 0 Å². The Morgan fingerprint density at radius 1 is 1.24 bits per heavy atom. The second-order valence-electron chi connectivity index (χ2n) is 10.9. The van der Waals surface area contributed by atoms with E-state index in [-0.39, 0.29) is 18.4 Å². The van der Waals surface area contributed by atoms with Gasteiger partial charge in [0.1, 0.15) is 5.82 Å². The van der Waals surface area contributed by atoms with E-state index in [1.807, 2.05) is 12.1 Å². The fourth-order valence-electron chi connectivity index (χ4n) is 5.94. The maximum atomic E-state index is 11.6. The number of anilines is 1. The third kappa shape index (κ3) is 7.30. The molecular weight excluding hydrogens is 466 g/mol. The molecule has 4 heterocycles. The lowest BCUT2D eigenvalue weighted by Gasteiger charge is -2.33. The van der Waals surface area contributed by atoms with E-state index in [4.69, 9.17) is 14.5 Å². The number of nitrogens with zero attached hydrogens (tertiary/aromatic N) is 2. The van der Waals surface area contributed by atoms with Crippen LogP contribution in [0.5, 0.6) is 0 Å². The Labute approximate surface area is 220 Å². The molecular formula is C30H41N3O4. The Bertz CT molecular complexity index is 1040. The number of pyridine rings is 1. The number of hydrogen-bond acceptors (Lipinski definition) is 6.